The number of nitrogens with zero attached hydrogens (tertiary/aromatic N) is 7. The summed E-state index contributed by atoms with van der Waals surface area (Å²) in [5.41, 5.74) is 4.27. The predicted molar refractivity (Wildman–Crippen MR) is 127 cm³/mol. The number of rotatable bonds is 4. The van der Waals surface area contributed by atoms with E-state index >= 15 is 0 Å². The second kappa shape index (κ2) is 9.16. The minimum absolute atomic E-state index is 0.117. The number of fused-ring (bicyclic) bond motifs is 3. The first-order valence-corrected chi connectivity index (χ1v) is 11.6. The summed E-state index contributed by atoms with van der Waals surface area (Å²) in [5.74, 6) is 0.0372. The van der Waals surface area contributed by atoms with Crippen molar-refractivity contribution in [3.8, 4) is 11.3 Å². The smallest absolute Gasteiger partial charge is 0.324 e. The van der Waals surface area contributed by atoms with Crippen LogP contribution in [-0.2, 0) is 17.9 Å². The third-order valence-electron chi connectivity index (χ3n) is 6.58. The van der Waals surface area contributed by atoms with Crippen LogP contribution in [0.5, 0.6) is 0 Å². The largest absolute Gasteiger partial charge is 0.388 e. The number of likely N-dealkylation sites (tertiary alicyclic amines) is 1. The van der Waals surface area contributed by atoms with Gasteiger partial charge in [-0.1, -0.05) is 0 Å². The van der Waals surface area contributed by atoms with Crippen LogP contribution < -0.4 is 4.90 Å². The van der Waals surface area contributed by atoms with Crippen LogP contribution in [0, 0.1) is 0 Å². The van der Waals surface area contributed by atoms with Crippen LogP contribution in [0.15, 0.2) is 30.7 Å². The summed E-state index contributed by atoms with van der Waals surface area (Å²) < 4.78 is 0. The van der Waals surface area contributed by atoms with Gasteiger partial charge in [0.1, 0.15) is 18.2 Å². The van der Waals surface area contributed by atoms with Crippen molar-refractivity contribution in [2.45, 2.75) is 45.1 Å². The second-order valence-corrected chi connectivity index (χ2v) is 8.98. The molecule has 0 radical (unpaired) electrons. The van der Waals surface area contributed by atoms with E-state index in [1.165, 1.54) is 6.92 Å². The van der Waals surface area contributed by atoms with Crippen LogP contribution in [0.3, 0.4) is 0 Å². The van der Waals surface area contributed by atoms with Crippen molar-refractivity contribution >= 4 is 28.7 Å². The van der Waals surface area contributed by atoms with Crippen LogP contribution in [-0.4, -0.2) is 84.2 Å². The van der Waals surface area contributed by atoms with Gasteiger partial charge in [0.15, 0.2) is 5.82 Å². The van der Waals surface area contributed by atoms with E-state index in [-0.39, 0.29) is 24.6 Å². The maximum absolute atomic E-state index is 13.4. The number of aliphatic hydroxyl groups excluding tert-OH is 2. The molecular weight excluding hydrogens is 450 g/mol. The van der Waals surface area contributed by atoms with E-state index in [4.69, 9.17) is 4.98 Å². The lowest BCUT2D eigenvalue weighted by molar-refractivity contribution is -0.140. The lowest BCUT2D eigenvalue weighted by Gasteiger charge is -2.43. The summed E-state index contributed by atoms with van der Waals surface area (Å²) in [5, 5.41) is 18.9. The molecule has 1 atom stereocenters. The van der Waals surface area contributed by atoms with E-state index in [9.17, 15) is 19.8 Å². The molecule has 0 spiro atoms. The Kier molecular flexibility index (Phi) is 6.03. The first-order valence-electron chi connectivity index (χ1n) is 11.6. The lowest BCUT2D eigenvalue weighted by atomic mass is 9.99. The molecule has 3 aromatic rings. The second-order valence-electron chi connectivity index (χ2n) is 8.98. The van der Waals surface area contributed by atoms with Gasteiger partial charge in [-0.25, -0.2) is 19.7 Å². The standard InChI is InChI=1S/C24H27N7O4/c1-14(33)23(34)30-7-5-17(6-8-30)31-22-16(12-29(2)24(31)35)11-25-19-4-3-18(28-21(19)22)15-9-26-20(13-32)27-10-15/h3-4,9-11,14,17,32-33H,5-8,12-13H2,1-2H3/t14-/m1/s1. The van der Waals surface area contributed by atoms with Gasteiger partial charge >= 0.3 is 6.03 Å². The molecule has 182 valence electrons. The van der Waals surface area contributed by atoms with E-state index in [2.05, 4.69) is 15.0 Å². The highest BCUT2D eigenvalue weighted by Gasteiger charge is 2.38. The number of aliphatic hydroxyl groups is 2. The molecular formula is C24H27N7O4. The van der Waals surface area contributed by atoms with Gasteiger partial charge in [0, 0.05) is 55.9 Å². The fourth-order valence-corrected chi connectivity index (χ4v) is 4.76. The van der Waals surface area contributed by atoms with Crippen LogP contribution >= 0.6 is 0 Å². The Labute approximate surface area is 202 Å². The van der Waals surface area contributed by atoms with E-state index < -0.39 is 6.10 Å². The Balaban J connectivity index is 1.54. The number of aromatic nitrogens is 4. The van der Waals surface area contributed by atoms with Gasteiger partial charge in [0.2, 0.25) is 0 Å². The molecule has 2 N–H and O–H groups in total. The average molecular weight is 478 g/mol. The van der Waals surface area contributed by atoms with E-state index in [1.54, 1.807) is 40.3 Å². The topological polar surface area (TPSA) is 136 Å². The molecule has 0 aromatic carbocycles. The quantitative estimate of drug-likeness (QED) is 0.574. The number of amides is 3. The molecule has 0 saturated carbocycles. The number of anilines is 1. The van der Waals surface area contributed by atoms with Crippen molar-refractivity contribution < 1.29 is 19.8 Å². The number of piperidine rings is 1. The van der Waals surface area contributed by atoms with Gasteiger partial charge < -0.3 is 20.0 Å². The predicted octanol–water partition coefficient (Wildman–Crippen LogP) is 1.32. The SMILES string of the molecule is C[C@@H](O)C(=O)N1CCC(N2C(=O)N(C)Cc3cnc4ccc(-c5cnc(CO)nc5)nc4c32)CC1. The number of carbonyl (C=O) groups is 2. The molecule has 0 unspecified atom stereocenters. The summed E-state index contributed by atoms with van der Waals surface area (Å²) in [4.78, 5) is 48.5. The van der Waals surface area contributed by atoms with Gasteiger partial charge in [0.25, 0.3) is 5.91 Å². The molecule has 3 amide bonds. The summed E-state index contributed by atoms with van der Waals surface area (Å²) in [6.07, 6.45) is 5.17. The zero-order valence-corrected chi connectivity index (χ0v) is 19.6. The van der Waals surface area contributed by atoms with Crippen LogP contribution in [0.25, 0.3) is 22.3 Å². The van der Waals surface area contributed by atoms with Crippen molar-refractivity contribution in [2.24, 2.45) is 0 Å². The normalized spacial score (nSPS) is 17.6. The maximum atomic E-state index is 13.4. The molecule has 0 bridgehead atoms. The van der Waals surface area contributed by atoms with Gasteiger partial charge in [-0.2, -0.15) is 0 Å². The number of pyridine rings is 2. The highest BCUT2D eigenvalue weighted by atomic mass is 16.3. The van der Waals surface area contributed by atoms with Crippen LogP contribution in [0.4, 0.5) is 10.5 Å². The molecule has 1 fully saturated rings. The summed E-state index contributed by atoms with van der Waals surface area (Å²) in [6.45, 7) is 2.59. The Morgan fingerprint density at radius 3 is 2.51 bits per heavy atom. The Hall–Kier alpha value is -3.70. The number of hydrogen-bond acceptors (Lipinski definition) is 8. The highest BCUT2D eigenvalue weighted by Crippen LogP contribution is 2.37. The third kappa shape index (κ3) is 4.17. The first-order chi connectivity index (χ1) is 16.9. The summed E-state index contributed by atoms with van der Waals surface area (Å²) in [7, 11) is 1.76. The molecule has 2 aliphatic heterocycles. The van der Waals surface area contributed by atoms with Gasteiger partial charge in [-0.05, 0) is 31.9 Å². The van der Waals surface area contributed by atoms with Crippen molar-refractivity contribution in [3.05, 3.63) is 42.1 Å². The fourth-order valence-electron chi connectivity index (χ4n) is 4.76. The van der Waals surface area contributed by atoms with Crippen LogP contribution in [0.2, 0.25) is 0 Å². The highest BCUT2D eigenvalue weighted by molar-refractivity contribution is 6.04. The molecule has 5 heterocycles. The van der Waals surface area contributed by atoms with E-state index in [1.807, 2.05) is 12.1 Å². The van der Waals surface area contributed by atoms with Crippen molar-refractivity contribution in [1.82, 2.24) is 29.7 Å². The zero-order chi connectivity index (χ0) is 24.7. The lowest BCUT2D eigenvalue weighted by Crippen LogP contribution is -2.55. The number of urea groups is 1. The van der Waals surface area contributed by atoms with E-state index in [0.717, 1.165) is 11.3 Å². The maximum Gasteiger partial charge on any atom is 0.324 e. The molecule has 1 saturated heterocycles. The molecule has 2 aliphatic rings. The van der Waals surface area contributed by atoms with Crippen molar-refractivity contribution in [1.29, 1.82) is 0 Å². The Morgan fingerprint density at radius 1 is 1.14 bits per heavy atom. The fraction of sp³-hybridized carbons (Fsp3) is 0.417. The molecule has 3 aromatic heterocycles. The molecule has 0 aliphatic carbocycles. The third-order valence-corrected chi connectivity index (χ3v) is 6.58. The van der Waals surface area contributed by atoms with E-state index in [0.29, 0.717) is 60.6 Å². The summed E-state index contributed by atoms with van der Waals surface area (Å²) >= 11 is 0. The molecule has 11 heteroatoms. The van der Waals surface area contributed by atoms with Gasteiger partial charge in [0.05, 0.1) is 23.4 Å². The minimum Gasteiger partial charge on any atom is -0.388 e. The summed E-state index contributed by atoms with van der Waals surface area (Å²) in [6, 6.07) is 3.46. The van der Waals surface area contributed by atoms with Gasteiger partial charge in [-0.3, -0.25) is 14.7 Å². The van der Waals surface area contributed by atoms with Crippen molar-refractivity contribution in [3.63, 3.8) is 0 Å². The van der Waals surface area contributed by atoms with Crippen molar-refractivity contribution in [2.75, 3.05) is 25.0 Å². The Bertz CT molecular complexity index is 1270. The Morgan fingerprint density at radius 2 is 1.86 bits per heavy atom. The monoisotopic (exact) mass is 477 g/mol. The minimum atomic E-state index is -1.04. The zero-order valence-electron chi connectivity index (χ0n) is 19.6. The molecule has 11 nitrogen and oxygen atoms in total. The molecule has 5 rings (SSSR count). The molecule has 35 heavy (non-hydrogen) atoms. The van der Waals surface area contributed by atoms with Crippen LogP contribution in [0.1, 0.15) is 31.2 Å². The number of carbonyl (C=O) groups excluding carboxylic acids is 2. The average Bonchev–Trinajstić information content (AvgIpc) is 2.89. The number of hydrogen-bond donors (Lipinski definition) is 2. The first kappa shape index (κ1) is 23.1. The van der Waals surface area contributed by atoms with Gasteiger partial charge in [-0.15, -0.1) is 0 Å².